The summed E-state index contributed by atoms with van der Waals surface area (Å²) in [5, 5.41) is 3.48. The molecule has 19 heavy (non-hydrogen) atoms. The zero-order valence-corrected chi connectivity index (χ0v) is 12.6. The van der Waals surface area contributed by atoms with Gasteiger partial charge >= 0.3 is 0 Å². The van der Waals surface area contributed by atoms with Crippen LogP contribution in [0.1, 0.15) is 23.1 Å². The van der Waals surface area contributed by atoms with Crippen molar-refractivity contribution < 1.29 is 4.74 Å². The number of nitrogens with one attached hydrogen (secondary N) is 1. The van der Waals surface area contributed by atoms with E-state index in [0.717, 1.165) is 31.8 Å². The minimum atomic E-state index is 0.663. The van der Waals surface area contributed by atoms with Crippen molar-refractivity contribution in [3.63, 3.8) is 0 Å². The number of likely N-dealkylation sites (N-methyl/N-ethyl adjacent to an activating group) is 1. The standard InChI is InChI=1S/C16H26N2O/c1-12-13(2)16(19-4)8-6-14(12)5-7-15-11-17-9-10-18(15)3/h6,8,15,17H,5,7,9-11H2,1-4H3. The summed E-state index contributed by atoms with van der Waals surface area (Å²) < 4.78 is 5.37. The maximum Gasteiger partial charge on any atom is 0.122 e. The maximum atomic E-state index is 5.37. The summed E-state index contributed by atoms with van der Waals surface area (Å²) in [6.07, 6.45) is 2.36. The molecular formula is C16H26N2O. The predicted molar refractivity (Wildman–Crippen MR) is 80.1 cm³/mol. The molecule has 0 saturated carbocycles. The highest BCUT2D eigenvalue weighted by molar-refractivity contribution is 5.43. The summed E-state index contributed by atoms with van der Waals surface area (Å²) in [4.78, 5) is 2.47. The third-order valence-corrected chi connectivity index (χ3v) is 4.46. The average Bonchev–Trinajstić information content (AvgIpc) is 2.42. The van der Waals surface area contributed by atoms with Crippen molar-refractivity contribution >= 4 is 0 Å². The van der Waals surface area contributed by atoms with Gasteiger partial charge in [-0.3, -0.25) is 0 Å². The lowest BCUT2D eigenvalue weighted by atomic mass is 9.96. The number of nitrogens with zero attached hydrogens (tertiary/aromatic N) is 1. The maximum absolute atomic E-state index is 5.37. The molecule has 2 rings (SSSR count). The zero-order chi connectivity index (χ0) is 13.8. The van der Waals surface area contributed by atoms with Crippen molar-refractivity contribution in [3.8, 4) is 5.75 Å². The van der Waals surface area contributed by atoms with Crippen molar-refractivity contribution in [2.24, 2.45) is 0 Å². The van der Waals surface area contributed by atoms with E-state index in [1.54, 1.807) is 7.11 Å². The Morgan fingerprint density at radius 2 is 2.11 bits per heavy atom. The number of piperazine rings is 1. The number of hydrogen-bond acceptors (Lipinski definition) is 3. The smallest absolute Gasteiger partial charge is 0.122 e. The second-order valence-corrected chi connectivity index (χ2v) is 5.55. The molecule has 1 N–H and O–H groups in total. The van der Waals surface area contributed by atoms with E-state index in [4.69, 9.17) is 4.74 Å². The first-order chi connectivity index (χ1) is 9.13. The van der Waals surface area contributed by atoms with E-state index < -0.39 is 0 Å². The predicted octanol–water partition coefficient (Wildman–Crippen LogP) is 2.15. The van der Waals surface area contributed by atoms with Gasteiger partial charge in [0, 0.05) is 25.7 Å². The third kappa shape index (κ3) is 3.28. The molecule has 0 amide bonds. The largest absolute Gasteiger partial charge is 0.496 e. The van der Waals surface area contributed by atoms with Crippen LogP contribution in [0.15, 0.2) is 12.1 Å². The van der Waals surface area contributed by atoms with Gasteiger partial charge in [0.05, 0.1) is 7.11 Å². The van der Waals surface area contributed by atoms with Gasteiger partial charge in [-0.15, -0.1) is 0 Å². The Labute approximate surface area is 116 Å². The molecule has 0 bridgehead atoms. The van der Waals surface area contributed by atoms with Crippen molar-refractivity contribution in [3.05, 3.63) is 28.8 Å². The summed E-state index contributed by atoms with van der Waals surface area (Å²) in [5.41, 5.74) is 4.11. The molecule has 3 nitrogen and oxygen atoms in total. The molecular weight excluding hydrogens is 236 g/mol. The van der Waals surface area contributed by atoms with Crippen LogP contribution in [0.3, 0.4) is 0 Å². The van der Waals surface area contributed by atoms with E-state index in [-0.39, 0.29) is 0 Å². The van der Waals surface area contributed by atoms with Crippen LogP contribution in [-0.4, -0.2) is 44.7 Å². The highest BCUT2D eigenvalue weighted by Gasteiger charge is 2.18. The zero-order valence-electron chi connectivity index (χ0n) is 12.6. The fourth-order valence-corrected chi connectivity index (χ4v) is 2.85. The fourth-order valence-electron chi connectivity index (χ4n) is 2.85. The summed E-state index contributed by atoms with van der Waals surface area (Å²) >= 11 is 0. The normalized spacial score (nSPS) is 20.5. The molecule has 1 heterocycles. The third-order valence-electron chi connectivity index (χ3n) is 4.46. The lowest BCUT2D eigenvalue weighted by molar-refractivity contribution is 0.190. The first-order valence-electron chi connectivity index (χ1n) is 7.17. The molecule has 1 saturated heterocycles. The van der Waals surface area contributed by atoms with Crippen LogP contribution < -0.4 is 10.1 Å². The molecule has 1 aromatic carbocycles. The van der Waals surface area contributed by atoms with E-state index >= 15 is 0 Å². The molecule has 1 atom stereocenters. The molecule has 1 aliphatic rings. The van der Waals surface area contributed by atoms with Gasteiger partial charge in [0.2, 0.25) is 0 Å². The first kappa shape index (κ1) is 14.4. The Kier molecular flexibility index (Phi) is 4.83. The van der Waals surface area contributed by atoms with Crippen LogP contribution >= 0.6 is 0 Å². The van der Waals surface area contributed by atoms with Crippen LogP contribution in [0.2, 0.25) is 0 Å². The van der Waals surface area contributed by atoms with Crippen LogP contribution in [0.5, 0.6) is 5.75 Å². The molecule has 0 spiro atoms. The summed E-state index contributed by atoms with van der Waals surface area (Å²) in [6, 6.07) is 4.98. The number of benzene rings is 1. The fraction of sp³-hybridized carbons (Fsp3) is 0.625. The van der Waals surface area contributed by atoms with Crippen LogP contribution in [-0.2, 0) is 6.42 Å². The van der Waals surface area contributed by atoms with Crippen LogP contribution in [0.4, 0.5) is 0 Å². The van der Waals surface area contributed by atoms with Crippen molar-refractivity contribution in [2.45, 2.75) is 32.7 Å². The Bertz CT molecular complexity index is 431. The Morgan fingerprint density at radius 1 is 1.32 bits per heavy atom. The molecule has 1 aromatic rings. The number of hydrogen-bond donors (Lipinski definition) is 1. The van der Waals surface area contributed by atoms with Gasteiger partial charge < -0.3 is 15.0 Å². The summed E-state index contributed by atoms with van der Waals surface area (Å²) in [7, 11) is 3.97. The molecule has 106 valence electrons. The van der Waals surface area contributed by atoms with E-state index in [9.17, 15) is 0 Å². The number of aryl methyl sites for hydroxylation is 1. The highest BCUT2D eigenvalue weighted by atomic mass is 16.5. The number of ether oxygens (including phenoxy) is 1. The van der Waals surface area contributed by atoms with E-state index in [2.05, 4.69) is 43.2 Å². The Balaban J connectivity index is 2.01. The minimum Gasteiger partial charge on any atom is -0.496 e. The van der Waals surface area contributed by atoms with Crippen molar-refractivity contribution in [2.75, 3.05) is 33.8 Å². The van der Waals surface area contributed by atoms with Gasteiger partial charge in [-0.2, -0.15) is 0 Å². The lowest BCUT2D eigenvalue weighted by Crippen LogP contribution is -2.49. The van der Waals surface area contributed by atoms with E-state index in [1.165, 1.54) is 23.1 Å². The Morgan fingerprint density at radius 3 is 2.79 bits per heavy atom. The van der Waals surface area contributed by atoms with Crippen molar-refractivity contribution in [1.82, 2.24) is 10.2 Å². The average molecular weight is 262 g/mol. The topological polar surface area (TPSA) is 24.5 Å². The quantitative estimate of drug-likeness (QED) is 0.900. The number of rotatable bonds is 4. The SMILES string of the molecule is COc1ccc(CCC2CNCCN2C)c(C)c1C. The molecule has 0 aliphatic carbocycles. The summed E-state index contributed by atoms with van der Waals surface area (Å²) in [6.45, 7) is 7.74. The summed E-state index contributed by atoms with van der Waals surface area (Å²) in [5.74, 6) is 0.998. The molecule has 3 heteroatoms. The van der Waals surface area contributed by atoms with Crippen LogP contribution in [0, 0.1) is 13.8 Å². The highest BCUT2D eigenvalue weighted by Crippen LogP contribution is 2.25. The molecule has 1 fully saturated rings. The van der Waals surface area contributed by atoms with Gasteiger partial charge in [-0.05, 0) is 56.5 Å². The molecule has 1 aliphatic heterocycles. The Hall–Kier alpha value is -1.06. The second-order valence-electron chi connectivity index (χ2n) is 5.55. The lowest BCUT2D eigenvalue weighted by Gasteiger charge is -2.33. The molecule has 1 unspecified atom stereocenters. The van der Waals surface area contributed by atoms with Crippen molar-refractivity contribution in [1.29, 1.82) is 0 Å². The van der Waals surface area contributed by atoms with Crippen LogP contribution in [0.25, 0.3) is 0 Å². The number of methoxy groups -OCH3 is 1. The molecule has 0 aromatic heterocycles. The first-order valence-corrected chi connectivity index (χ1v) is 7.17. The van der Waals surface area contributed by atoms with Gasteiger partial charge in [0.15, 0.2) is 0 Å². The van der Waals surface area contributed by atoms with Gasteiger partial charge in [0.1, 0.15) is 5.75 Å². The van der Waals surface area contributed by atoms with Gasteiger partial charge in [-0.25, -0.2) is 0 Å². The minimum absolute atomic E-state index is 0.663. The van der Waals surface area contributed by atoms with E-state index in [1.807, 2.05) is 0 Å². The second kappa shape index (κ2) is 6.40. The van der Waals surface area contributed by atoms with E-state index in [0.29, 0.717) is 6.04 Å². The monoisotopic (exact) mass is 262 g/mol. The van der Waals surface area contributed by atoms with Gasteiger partial charge in [0.25, 0.3) is 0 Å². The van der Waals surface area contributed by atoms with Gasteiger partial charge in [-0.1, -0.05) is 6.07 Å². The molecule has 0 radical (unpaired) electrons.